The summed E-state index contributed by atoms with van der Waals surface area (Å²) in [4.78, 5) is 2.51. The Hall–Kier alpha value is -0.120. The first kappa shape index (κ1) is 12.9. The van der Waals surface area contributed by atoms with Gasteiger partial charge in [0.05, 0.1) is 6.10 Å². The standard InChI is InChI=1S/C12H26N2O/c1-4-15-11-6-5-7-14(9-11)12(8-13)10(2)3/h10-12H,4-9,13H2,1-3H3. The van der Waals surface area contributed by atoms with E-state index in [4.69, 9.17) is 10.5 Å². The zero-order valence-corrected chi connectivity index (χ0v) is 10.4. The maximum Gasteiger partial charge on any atom is 0.0702 e. The van der Waals surface area contributed by atoms with Crippen LogP contribution in [-0.4, -0.2) is 43.3 Å². The number of likely N-dealkylation sites (tertiary alicyclic amines) is 1. The highest BCUT2D eigenvalue weighted by Crippen LogP contribution is 2.18. The third kappa shape index (κ3) is 3.74. The van der Waals surface area contributed by atoms with Gasteiger partial charge in [0.25, 0.3) is 0 Å². The van der Waals surface area contributed by atoms with E-state index in [1.54, 1.807) is 0 Å². The predicted molar refractivity (Wildman–Crippen MR) is 63.9 cm³/mol. The van der Waals surface area contributed by atoms with Gasteiger partial charge in [-0.15, -0.1) is 0 Å². The summed E-state index contributed by atoms with van der Waals surface area (Å²) in [6.07, 6.45) is 2.88. The molecule has 1 rings (SSSR count). The van der Waals surface area contributed by atoms with E-state index in [0.29, 0.717) is 18.1 Å². The number of hydrogen-bond donors (Lipinski definition) is 1. The molecule has 0 spiro atoms. The third-order valence-electron chi connectivity index (χ3n) is 3.29. The number of nitrogens with zero attached hydrogens (tertiary/aromatic N) is 1. The molecule has 0 aromatic heterocycles. The lowest BCUT2D eigenvalue weighted by atomic mass is 9.98. The van der Waals surface area contributed by atoms with Crippen LogP contribution in [0, 0.1) is 5.92 Å². The Kier molecular flexibility index (Phi) is 5.58. The average molecular weight is 214 g/mol. The van der Waals surface area contributed by atoms with Crippen LogP contribution in [0.25, 0.3) is 0 Å². The molecule has 1 saturated heterocycles. The molecular formula is C12H26N2O. The Labute approximate surface area is 94.0 Å². The monoisotopic (exact) mass is 214 g/mol. The van der Waals surface area contributed by atoms with Crippen molar-refractivity contribution in [1.29, 1.82) is 0 Å². The molecule has 0 aromatic rings. The van der Waals surface area contributed by atoms with E-state index in [2.05, 4.69) is 25.7 Å². The summed E-state index contributed by atoms with van der Waals surface area (Å²) in [6, 6.07) is 0.522. The fourth-order valence-electron chi connectivity index (χ4n) is 2.48. The van der Waals surface area contributed by atoms with Gasteiger partial charge in [0.15, 0.2) is 0 Å². The third-order valence-corrected chi connectivity index (χ3v) is 3.29. The summed E-state index contributed by atoms with van der Waals surface area (Å²) < 4.78 is 5.70. The van der Waals surface area contributed by atoms with Crippen molar-refractivity contribution in [3.63, 3.8) is 0 Å². The van der Waals surface area contributed by atoms with Crippen LogP contribution in [0.3, 0.4) is 0 Å². The van der Waals surface area contributed by atoms with Gasteiger partial charge in [0, 0.05) is 25.7 Å². The Morgan fingerprint density at radius 2 is 2.20 bits per heavy atom. The van der Waals surface area contributed by atoms with Crippen molar-refractivity contribution < 1.29 is 4.74 Å². The van der Waals surface area contributed by atoms with Crippen molar-refractivity contribution in [3.8, 4) is 0 Å². The minimum absolute atomic E-state index is 0.427. The van der Waals surface area contributed by atoms with Crippen molar-refractivity contribution in [3.05, 3.63) is 0 Å². The van der Waals surface area contributed by atoms with Crippen LogP contribution < -0.4 is 5.73 Å². The summed E-state index contributed by atoms with van der Waals surface area (Å²) in [5.41, 5.74) is 5.84. The normalized spacial score (nSPS) is 25.8. The smallest absolute Gasteiger partial charge is 0.0702 e. The van der Waals surface area contributed by atoms with E-state index in [0.717, 1.165) is 19.7 Å². The van der Waals surface area contributed by atoms with E-state index in [1.165, 1.54) is 19.4 Å². The number of piperidine rings is 1. The quantitative estimate of drug-likeness (QED) is 0.753. The lowest BCUT2D eigenvalue weighted by Crippen LogP contribution is -2.50. The molecule has 0 bridgehead atoms. The lowest BCUT2D eigenvalue weighted by Gasteiger charge is -2.39. The molecule has 1 aliphatic heterocycles. The molecule has 2 atom stereocenters. The molecule has 0 amide bonds. The highest BCUT2D eigenvalue weighted by molar-refractivity contribution is 4.82. The fraction of sp³-hybridized carbons (Fsp3) is 1.00. The first-order valence-electron chi connectivity index (χ1n) is 6.24. The van der Waals surface area contributed by atoms with Gasteiger partial charge in [-0.25, -0.2) is 0 Å². The molecule has 0 saturated carbocycles. The molecule has 15 heavy (non-hydrogen) atoms. The van der Waals surface area contributed by atoms with Gasteiger partial charge in [-0.1, -0.05) is 13.8 Å². The first-order chi connectivity index (χ1) is 7.19. The molecule has 90 valence electrons. The Morgan fingerprint density at radius 3 is 2.73 bits per heavy atom. The van der Waals surface area contributed by atoms with Crippen molar-refractivity contribution >= 4 is 0 Å². The topological polar surface area (TPSA) is 38.5 Å². The molecular weight excluding hydrogens is 188 g/mol. The van der Waals surface area contributed by atoms with E-state index >= 15 is 0 Å². The number of hydrogen-bond acceptors (Lipinski definition) is 3. The van der Waals surface area contributed by atoms with Gasteiger partial charge in [-0.2, -0.15) is 0 Å². The Morgan fingerprint density at radius 1 is 1.47 bits per heavy atom. The van der Waals surface area contributed by atoms with Crippen LogP contribution in [-0.2, 0) is 4.74 Å². The minimum Gasteiger partial charge on any atom is -0.377 e. The molecule has 0 aliphatic carbocycles. The summed E-state index contributed by atoms with van der Waals surface area (Å²) in [5, 5.41) is 0. The Balaban J connectivity index is 2.46. The van der Waals surface area contributed by atoms with E-state index in [-0.39, 0.29) is 0 Å². The summed E-state index contributed by atoms with van der Waals surface area (Å²) >= 11 is 0. The SMILES string of the molecule is CCOC1CCCN(C(CN)C(C)C)C1. The van der Waals surface area contributed by atoms with Crippen molar-refractivity contribution in [2.45, 2.75) is 45.8 Å². The molecule has 2 unspecified atom stereocenters. The van der Waals surface area contributed by atoms with Crippen LogP contribution in [0.1, 0.15) is 33.6 Å². The second-order valence-electron chi connectivity index (χ2n) is 4.76. The van der Waals surface area contributed by atoms with Gasteiger partial charge in [0.2, 0.25) is 0 Å². The van der Waals surface area contributed by atoms with Gasteiger partial charge < -0.3 is 10.5 Å². The van der Waals surface area contributed by atoms with Crippen LogP contribution >= 0.6 is 0 Å². The summed E-state index contributed by atoms with van der Waals surface area (Å²) in [7, 11) is 0. The molecule has 3 nitrogen and oxygen atoms in total. The fourth-order valence-corrected chi connectivity index (χ4v) is 2.48. The molecule has 1 heterocycles. The summed E-state index contributed by atoms with van der Waals surface area (Å²) in [6.45, 7) is 10.4. The number of nitrogens with two attached hydrogens (primary N) is 1. The van der Waals surface area contributed by atoms with Crippen molar-refractivity contribution in [2.75, 3.05) is 26.2 Å². The van der Waals surface area contributed by atoms with E-state index in [1.807, 2.05) is 0 Å². The van der Waals surface area contributed by atoms with E-state index < -0.39 is 0 Å². The highest BCUT2D eigenvalue weighted by Gasteiger charge is 2.26. The molecule has 3 heteroatoms. The molecule has 0 radical (unpaired) electrons. The van der Waals surface area contributed by atoms with Gasteiger partial charge >= 0.3 is 0 Å². The Bertz CT molecular complexity index is 171. The lowest BCUT2D eigenvalue weighted by molar-refractivity contribution is -0.0124. The van der Waals surface area contributed by atoms with Crippen LogP contribution in [0.2, 0.25) is 0 Å². The van der Waals surface area contributed by atoms with Crippen LogP contribution in [0.15, 0.2) is 0 Å². The highest BCUT2D eigenvalue weighted by atomic mass is 16.5. The second-order valence-corrected chi connectivity index (χ2v) is 4.76. The predicted octanol–water partition coefficient (Wildman–Crippen LogP) is 1.47. The maximum atomic E-state index is 5.84. The maximum absolute atomic E-state index is 5.84. The number of ether oxygens (including phenoxy) is 1. The zero-order valence-electron chi connectivity index (χ0n) is 10.4. The number of rotatable bonds is 5. The van der Waals surface area contributed by atoms with Gasteiger partial charge in [-0.3, -0.25) is 4.90 Å². The summed E-state index contributed by atoms with van der Waals surface area (Å²) in [5.74, 6) is 0.635. The average Bonchev–Trinajstić information content (AvgIpc) is 2.19. The first-order valence-corrected chi connectivity index (χ1v) is 6.24. The molecule has 0 aromatic carbocycles. The van der Waals surface area contributed by atoms with Crippen LogP contribution in [0.4, 0.5) is 0 Å². The minimum atomic E-state index is 0.427. The van der Waals surface area contributed by atoms with E-state index in [9.17, 15) is 0 Å². The second kappa shape index (κ2) is 6.46. The van der Waals surface area contributed by atoms with Crippen molar-refractivity contribution in [1.82, 2.24) is 4.90 Å². The van der Waals surface area contributed by atoms with Crippen LogP contribution in [0.5, 0.6) is 0 Å². The molecule has 1 fully saturated rings. The largest absolute Gasteiger partial charge is 0.377 e. The van der Waals surface area contributed by atoms with Crippen molar-refractivity contribution in [2.24, 2.45) is 11.7 Å². The van der Waals surface area contributed by atoms with Gasteiger partial charge in [0.1, 0.15) is 0 Å². The molecule has 2 N–H and O–H groups in total. The zero-order chi connectivity index (χ0) is 11.3. The molecule has 1 aliphatic rings. The van der Waals surface area contributed by atoms with Gasteiger partial charge in [-0.05, 0) is 32.2 Å².